The Balaban J connectivity index is 2.62. The highest BCUT2D eigenvalue weighted by molar-refractivity contribution is 5.25. The van der Waals surface area contributed by atoms with E-state index in [1.807, 2.05) is 19.2 Å². The van der Waals surface area contributed by atoms with Crippen molar-refractivity contribution < 1.29 is 9.25 Å². The van der Waals surface area contributed by atoms with Crippen LogP contribution in [0.25, 0.3) is 0 Å². The lowest BCUT2D eigenvalue weighted by Gasteiger charge is -2.10. The molecule has 1 aromatic heterocycles. The van der Waals surface area contributed by atoms with E-state index in [-0.39, 0.29) is 0 Å². The molecular weight excluding hydrogens is 166 g/mol. The molecule has 0 amide bonds. The maximum atomic E-state index is 5.40. The summed E-state index contributed by atoms with van der Waals surface area (Å²) >= 11 is 0. The quantitative estimate of drug-likeness (QED) is 0.521. The van der Waals surface area contributed by atoms with Gasteiger partial charge >= 0.3 is 0 Å². The summed E-state index contributed by atoms with van der Waals surface area (Å²) in [7, 11) is 3.46. The van der Waals surface area contributed by atoms with Crippen LogP contribution in [0.15, 0.2) is 16.5 Å². The molecule has 70 valence electrons. The predicted molar refractivity (Wildman–Crippen MR) is 49.7 cm³/mol. The van der Waals surface area contributed by atoms with Crippen LogP contribution in [0.5, 0.6) is 0 Å². The fraction of sp³-hybridized carbons (Fsp3) is 0.400. The van der Waals surface area contributed by atoms with Gasteiger partial charge in [0.25, 0.3) is 0 Å². The van der Waals surface area contributed by atoms with Crippen molar-refractivity contribution in [1.82, 2.24) is 5.06 Å². The van der Waals surface area contributed by atoms with Gasteiger partial charge in [0.05, 0.1) is 13.7 Å². The predicted octanol–water partition coefficient (Wildman–Crippen LogP) is 1.64. The molecular formula is C10H13NO2. The Labute approximate surface area is 78.2 Å². The van der Waals surface area contributed by atoms with Crippen LogP contribution in [0, 0.1) is 11.8 Å². The third kappa shape index (κ3) is 2.94. The molecule has 13 heavy (non-hydrogen) atoms. The lowest BCUT2D eigenvalue weighted by molar-refractivity contribution is -0.120. The lowest BCUT2D eigenvalue weighted by atomic mass is 10.4. The zero-order valence-electron chi connectivity index (χ0n) is 8.13. The largest absolute Gasteiger partial charge is 0.451 e. The second-order valence-corrected chi connectivity index (χ2v) is 2.61. The first kappa shape index (κ1) is 9.85. The molecule has 0 aliphatic carbocycles. The summed E-state index contributed by atoms with van der Waals surface area (Å²) in [6.07, 6.45) is 0. The molecule has 1 aromatic rings. The van der Waals surface area contributed by atoms with Crippen molar-refractivity contribution in [2.75, 3.05) is 14.2 Å². The number of hydrogen-bond acceptors (Lipinski definition) is 3. The van der Waals surface area contributed by atoms with Crippen molar-refractivity contribution >= 4 is 0 Å². The van der Waals surface area contributed by atoms with E-state index >= 15 is 0 Å². The van der Waals surface area contributed by atoms with Crippen LogP contribution in [-0.4, -0.2) is 19.2 Å². The van der Waals surface area contributed by atoms with Crippen molar-refractivity contribution in [2.45, 2.75) is 13.5 Å². The van der Waals surface area contributed by atoms with Gasteiger partial charge in [-0.05, 0) is 25.0 Å². The highest BCUT2D eigenvalue weighted by atomic mass is 16.7. The van der Waals surface area contributed by atoms with Crippen LogP contribution >= 0.6 is 0 Å². The average molecular weight is 179 g/mol. The van der Waals surface area contributed by atoms with E-state index in [0.717, 1.165) is 5.76 Å². The van der Waals surface area contributed by atoms with Gasteiger partial charge in [-0.3, -0.25) is 0 Å². The maximum Gasteiger partial charge on any atom is 0.177 e. The summed E-state index contributed by atoms with van der Waals surface area (Å²) in [5, 5.41) is 1.68. The van der Waals surface area contributed by atoms with Crippen LogP contribution in [0.3, 0.4) is 0 Å². The Morgan fingerprint density at radius 1 is 1.54 bits per heavy atom. The molecule has 0 atom stereocenters. The Hall–Kier alpha value is -1.24. The zero-order chi connectivity index (χ0) is 9.68. The Kier molecular flexibility index (Phi) is 3.56. The van der Waals surface area contributed by atoms with Gasteiger partial charge in [-0.25, -0.2) is 0 Å². The Morgan fingerprint density at radius 3 is 2.92 bits per heavy atom. The summed E-state index contributed by atoms with van der Waals surface area (Å²) in [6, 6.07) is 3.75. The Morgan fingerprint density at radius 2 is 2.31 bits per heavy atom. The molecule has 0 bridgehead atoms. The molecule has 3 nitrogen and oxygen atoms in total. The summed E-state index contributed by atoms with van der Waals surface area (Å²) in [5.74, 6) is 7.16. The normalized spacial score (nSPS) is 9.85. The number of rotatable bonds is 3. The maximum absolute atomic E-state index is 5.40. The monoisotopic (exact) mass is 179 g/mol. The molecule has 0 aliphatic rings. The van der Waals surface area contributed by atoms with E-state index < -0.39 is 0 Å². The third-order valence-electron chi connectivity index (χ3n) is 1.60. The second kappa shape index (κ2) is 4.70. The molecule has 0 saturated carbocycles. The van der Waals surface area contributed by atoms with Crippen LogP contribution < -0.4 is 0 Å². The SMILES string of the molecule is CC#Cc1ccc(CN(C)OC)o1. The first-order chi connectivity index (χ1) is 6.26. The van der Waals surface area contributed by atoms with E-state index in [4.69, 9.17) is 9.25 Å². The molecule has 0 aromatic carbocycles. The van der Waals surface area contributed by atoms with E-state index in [2.05, 4.69) is 11.8 Å². The molecule has 0 saturated heterocycles. The first-order valence-corrected chi connectivity index (χ1v) is 4.03. The second-order valence-electron chi connectivity index (χ2n) is 2.61. The number of hydroxylamine groups is 2. The summed E-state index contributed by atoms with van der Waals surface area (Å²) in [5.41, 5.74) is 0. The minimum absolute atomic E-state index is 0.627. The molecule has 0 radical (unpaired) electrons. The van der Waals surface area contributed by atoms with E-state index in [9.17, 15) is 0 Å². The highest BCUT2D eigenvalue weighted by Crippen LogP contribution is 2.08. The molecule has 0 spiro atoms. The molecule has 1 rings (SSSR count). The topological polar surface area (TPSA) is 25.6 Å². The number of hydrogen-bond donors (Lipinski definition) is 0. The van der Waals surface area contributed by atoms with E-state index in [1.54, 1.807) is 19.1 Å². The van der Waals surface area contributed by atoms with Crippen LogP contribution in [0.2, 0.25) is 0 Å². The van der Waals surface area contributed by atoms with Gasteiger partial charge in [0.15, 0.2) is 5.76 Å². The average Bonchev–Trinajstić information content (AvgIpc) is 2.53. The van der Waals surface area contributed by atoms with Crippen molar-refractivity contribution in [3.8, 4) is 11.8 Å². The van der Waals surface area contributed by atoms with E-state index in [1.165, 1.54) is 0 Å². The van der Waals surface area contributed by atoms with Crippen molar-refractivity contribution in [3.63, 3.8) is 0 Å². The Bertz CT molecular complexity index is 319. The fourth-order valence-electron chi connectivity index (χ4n) is 0.937. The summed E-state index contributed by atoms with van der Waals surface area (Å²) < 4.78 is 5.40. The van der Waals surface area contributed by atoms with Gasteiger partial charge in [0.1, 0.15) is 5.76 Å². The van der Waals surface area contributed by atoms with Gasteiger partial charge in [-0.1, -0.05) is 5.92 Å². The minimum atomic E-state index is 0.627. The molecule has 0 N–H and O–H groups in total. The molecule has 0 fully saturated rings. The molecule has 1 heterocycles. The van der Waals surface area contributed by atoms with Gasteiger partial charge in [0, 0.05) is 7.05 Å². The zero-order valence-corrected chi connectivity index (χ0v) is 8.13. The van der Waals surface area contributed by atoms with Crippen molar-refractivity contribution in [2.24, 2.45) is 0 Å². The third-order valence-corrected chi connectivity index (χ3v) is 1.60. The lowest BCUT2D eigenvalue weighted by Crippen LogP contribution is -2.15. The standard InChI is InChI=1S/C10H13NO2/c1-4-5-9-6-7-10(13-9)8-11(2)12-3/h6-7H,8H2,1-3H3. The van der Waals surface area contributed by atoms with Crippen molar-refractivity contribution in [3.05, 3.63) is 23.7 Å². The summed E-state index contributed by atoms with van der Waals surface area (Å²) in [4.78, 5) is 4.96. The van der Waals surface area contributed by atoms with Crippen LogP contribution in [0.4, 0.5) is 0 Å². The molecule has 0 unspecified atom stereocenters. The van der Waals surface area contributed by atoms with Crippen LogP contribution in [-0.2, 0) is 11.4 Å². The fourth-order valence-corrected chi connectivity index (χ4v) is 0.937. The molecule has 0 aliphatic heterocycles. The van der Waals surface area contributed by atoms with Gasteiger partial charge in [0.2, 0.25) is 0 Å². The minimum Gasteiger partial charge on any atom is -0.451 e. The number of nitrogens with zero attached hydrogens (tertiary/aromatic N) is 1. The summed E-state index contributed by atoms with van der Waals surface area (Å²) in [6.45, 7) is 2.41. The first-order valence-electron chi connectivity index (χ1n) is 4.03. The van der Waals surface area contributed by atoms with Gasteiger partial charge in [-0.15, -0.1) is 0 Å². The molecule has 3 heteroatoms. The van der Waals surface area contributed by atoms with Crippen molar-refractivity contribution in [1.29, 1.82) is 0 Å². The van der Waals surface area contributed by atoms with Gasteiger partial charge < -0.3 is 9.25 Å². The van der Waals surface area contributed by atoms with Gasteiger partial charge in [-0.2, -0.15) is 5.06 Å². The number of furan rings is 1. The highest BCUT2D eigenvalue weighted by Gasteiger charge is 2.02. The smallest absolute Gasteiger partial charge is 0.177 e. The van der Waals surface area contributed by atoms with E-state index in [0.29, 0.717) is 12.3 Å². The van der Waals surface area contributed by atoms with Crippen LogP contribution in [0.1, 0.15) is 18.4 Å².